The number of pyridine rings is 1. The Morgan fingerprint density at radius 2 is 1.68 bits per heavy atom. The molecule has 0 aliphatic carbocycles. The fourth-order valence-corrected chi connectivity index (χ4v) is 4.08. The van der Waals surface area contributed by atoms with Crippen LogP contribution in [0.4, 0.5) is 4.39 Å². The van der Waals surface area contributed by atoms with Gasteiger partial charge in [-0.2, -0.15) is 0 Å². The van der Waals surface area contributed by atoms with Crippen LogP contribution in [-0.2, 0) is 16.0 Å². The number of hydrogen-bond acceptors (Lipinski definition) is 6. The summed E-state index contributed by atoms with van der Waals surface area (Å²) in [4.78, 5) is 32.0. The van der Waals surface area contributed by atoms with Crippen molar-refractivity contribution in [3.05, 3.63) is 95.1 Å². The molecule has 1 aromatic heterocycles. The molecule has 4 rings (SSSR count). The summed E-state index contributed by atoms with van der Waals surface area (Å²) in [5.74, 6) is -1.78. The highest BCUT2D eigenvalue weighted by molar-refractivity contribution is 6.46. The maximum absolute atomic E-state index is 13.3. The zero-order valence-corrected chi connectivity index (χ0v) is 18.7. The molecule has 34 heavy (non-hydrogen) atoms. The molecule has 1 saturated heterocycles. The van der Waals surface area contributed by atoms with Gasteiger partial charge in [-0.25, -0.2) is 4.39 Å². The van der Waals surface area contributed by atoms with E-state index in [1.165, 1.54) is 31.3 Å². The van der Waals surface area contributed by atoms with Gasteiger partial charge in [-0.05, 0) is 48.4 Å². The summed E-state index contributed by atoms with van der Waals surface area (Å²) in [6.07, 6.45) is 1.94. The van der Waals surface area contributed by atoms with E-state index in [1.54, 1.807) is 54.7 Å². The Labute approximate surface area is 196 Å². The van der Waals surface area contributed by atoms with Crippen LogP contribution in [0.5, 0.6) is 11.5 Å². The van der Waals surface area contributed by atoms with Crippen LogP contribution in [0.15, 0.2) is 72.4 Å². The maximum atomic E-state index is 13.3. The first-order valence-electron chi connectivity index (χ1n) is 10.6. The first-order chi connectivity index (χ1) is 16.5. The van der Waals surface area contributed by atoms with Crippen molar-refractivity contribution in [3.8, 4) is 11.5 Å². The number of methoxy groups -OCH3 is 2. The number of aliphatic hydroxyl groups is 1. The summed E-state index contributed by atoms with van der Waals surface area (Å²) in [6.45, 7) is 0.164. The molecule has 8 heteroatoms. The lowest BCUT2D eigenvalue weighted by Gasteiger charge is -2.25. The third-order valence-corrected chi connectivity index (χ3v) is 5.73. The van der Waals surface area contributed by atoms with Crippen LogP contribution >= 0.6 is 0 Å². The predicted octanol–water partition coefficient (Wildman–Crippen LogP) is 3.90. The van der Waals surface area contributed by atoms with Crippen molar-refractivity contribution in [1.82, 2.24) is 9.88 Å². The Morgan fingerprint density at radius 1 is 1.00 bits per heavy atom. The molecule has 0 spiro atoms. The summed E-state index contributed by atoms with van der Waals surface area (Å²) in [7, 11) is 2.87. The van der Waals surface area contributed by atoms with Crippen LogP contribution in [0.3, 0.4) is 0 Å². The number of halogens is 1. The zero-order valence-electron chi connectivity index (χ0n) is 18.7. The number of rotatable bonds is 7. The molecule has 1 amide bonds. The van der Waals surface area contributed by atoms with Crippen molar-refractivity contribution in [2.24, 2.45) is 0 Å². The highest BCUT2D eigenvalue weighted by atomic mass is 19.1. The third-order valence-electron chi connectivity index (χ3n) is 5.73. The van der Waals surface area contributed by atoms with Gasteiger partial charge in [-0.15, -0.1) is 0 Å². The number of aromatic nitrogens is 1. The first kappa shape index (κ1) is 23.0. The minimum atomic E-state index is -0.920. The van der Waals surface area contributed by atoms with Crippen LogP contribution in [0.25, 0.3) is 5.76 Å². The molecular weight excluding hydrogens is 439 g/mol. The number of carbonyl (C=O) groups is 2. The summed E-state index contributed by atoms with van der Waals surface area (Å²) in [6, 6.07) is 15.1. The molecule has 1 fully saturated rings. The molecule has 1 unspecified atom stereocenters. The van der Waals surface area contributed by atoms with Crippen LogP contribution in [-0.4, -0.2) is 47.4 Å². The normalized spacial score (nSPS) is 17.1. The Hall–Kier alpha value is -4.20. The average Bonchev–Trinajstić information content (AvgIpc) is 3.12. The highest BCUT2D eigenvalue weighted by Gasteiger charge is 2.47. The van der Waals surface area contributed by atoms with E-state index in [0.29, 0.717) is 12.1 Å². The van der Waals surface area contributed by atoms with E-state index in [4.69, 9.17) is 9.47 Å². The van der Waals surface area contributed by atoms with Gasteiger partial charge in [0.2, 0.25) is 0 Å². The number of carbonyl (C=O) groups excluding carboxylic acids is 2. The Balaban J connectivity index is 1.83. The Morgan fingerprint density at radius 3 is 2.26 bits per heavy atom. The molecule has 0 radical (unpaired) electrons. The zero-order chi connectivity index (χ0) is 24.2. The fourth-order valence-electron chi connectivity index (χ4n) is 4.08. The van der Waals surface area contributed by atoms with Gasteiger partial charge in [0.05, 0.1) is 25.5 Å². The van der Waals surface area contributed by atoms with Crippen molar-refractivity contribution in [3.63, 3.8) is 0 Å². The molecule has 174 valence electrons. The molecule has 1 aliphatic rings. The minimum absolute atomic E-state index is 0.106. The van der Waals surface area contributed by atoms with Crippen LogP contribution in [0.1, 0.15) is 22.9 Å². The standard InChI is InChI=1S/C26H23FN2O5/c1-33-19-7-5-8-20(34-2)21(19)24(30)22-23(18-6-3-4-14-28-18)29(26(32)25(22)31)15-13-16-9-11-17(27)12-10-16/h3-12,14,23,30H,13,15H2,1-2H3/b24-22+. The van der Waals surface area contributed by atoms with Crippen molar-refractivity contribution in [2.75, 3.05) is 20.8 Å². The lowest BCUT2D eigenvalue weighted by atomic mass is 9.97. The fraction of sp³-hybridized carbons (Fsp3) is 0.192. The minimum Gasteiger partial charge on any atom is -0.506 e. The van der Waals surface area contributed by atoms with E-state index < -0.39 is 23.5 Å². The second-order valence-corrected chi connectivity index (χ2v) is 7.66. The van der Waals surface area contributed by atoms with Crippen molar-refractivity contribution in [2.45, 2.75) is 12.5 Å². The molecule has 2 aromatic carbocycles. The van der Waals surface area contributed by atoms with Crippen molar-refractivity contribution in [1.29, 1.82) is 0 Å². The molecule has 0 bridgehead atoms. The van der Waals surface area contributed by atoms with Crippen molar-refractivity contribution < 1.29 is 28.6 Å². The number of ketones is 1. The molecule has 2 heterocycles. The molecule has 0 saturated carbocycles. The quantitative estimate of drug-likeness (QED) is 0.326. The number of likely N-dealkylation sites (tertiary alicyclic amines) is 1. The van der Waals surface area contributed by atoms with Gasteiger partial charge < -0.3 is 19.5 Å². The summed E-state index contributed by atoms with van der Waals surface area (Å²) in [5.41, 5.74) is 1.29. The van der Waals surface area contributed by atoms with Crippen LogP contribution in [0.2, 0.25) is 0 Å². The van der Waals surface area contributed by atoms with Gasteiger partial charge in [0, 0.05) is 12.7 Å². The second kappa shape index (κ2) is 9.74. The van der Waals surface area contributed by atoms with Gasteiger partial charge in [-0.1, -0.05) is 24.3 Å². The summed E-state index contributed by atoms with van der Waals surface area (Å²) < 4.78 is 24.0. The maximum Gasteiger partial charge on any atom is 0.295 e. The Kier molecular flexibility index (Phi) is 6.58. The second-order valence-electron chi connectivity index (χ2n) is 7.66. The molecular formula is C26H23FN2O5. The number of ether oxygens (including phenoxy) is 2. The van der Waals surface area contributed by atoms with E-state index in [9.17, 15) is 19.1 Å². The molecule has 7 nitrogen and oxygen atoms in total. The lowest BCUT2D eigenvalue weighted by molar-refractivity contribution is -0.139. The van der Waals surface area contributed by atoms with E-state index in [0.717, 1.165) is 5.56 Å². The largest absolute Gasteiger partial charge is 0.506 e. The average molecular weight is 462 g/mol. The van der Waals surface area contributed by atoms with Crippen molar-refractivity contribution >= 4 is 17.4 Å². The number of Topliss-reactive ketones (excluding diaryl/α,β-unsaturated/α-hetero) is 1. The molecule has 3 aromatic rings. The van der Waals surface area contributed by atoms with E-state index in [2.05, 4.69) is 4.98 Å². The highest BCUT2D eigenvalue weighted by Crippen LogP contribution is 2.42. The predicted molar refractivity (Wildman–Crippen MR) is 123 cm³/mol. The lowest BCUT2D eigenvalue weighted by Crippen LogP contribution is -2.32. The Bertz CT molecular complexity index is 1220. The number of hydrogen-bond donors (Lipinski definition) is 1. The van der Waals surface area contributed by atoms with E-state index >= 15 is 0 Å². The number of aliphatic hydroxyl groups excluding tert-OH is 1. The molecule has 1 N–H and O–H groups in total. The SMILES string of the molecule is COc1cccc(OC)c1/C(O)=C1\C(=O)C(=O)N(CCc2ccc(F)cc2)C1c1ccccn1. The topological polar surface area (TPSA) is 89.0 Å². The molecule has 1 atom stereocenters. The third kappa shape index (κ3) is 4.22. The number of nitrogens with zero attached hydrogens (tertiary/aromatic N) is 2. The van der Waals surface area contributed by atoms with Gasteiger partial charge in [0.25, 0.3) is 11.7 Å². The summed E-state index contributed by atoms with van der Waals surface area (Å²) in [5, 5.41) is 11.3. The van der Waals surface area contributed by atoms with Gasteiger partial charge in [0.1, 0.15) is 34.7 Å². The summed E-state index contributed by atoms with van der Waals surface area (Å²) >= 11 is 0. The van der Waals surface area contributed by atoms with Gasteiger partial charge in [0.15, 0.2) is 0 Å². The van der Waals surface area contributed by atoms with Gasteiger partial charge >= 0.3 is 0 Å². The van der Waals surface area contributed by atoms with Crippen LogP contribution in [0, 0.1) is 5.82 Å². The molecule has 1 aliphatic heterocycles. The number of amides is 1. The van der Waals surface area contributed by atoms with E-state index in [1.807, 2.05) is 0 Å². The monoisotopic (exact) mass is 462 g/mol. The van der Waals surface area contributed by atoms with Crippen LogP contribution < -0.4 is 9.47 Å². The van der Waals surface area contributed by atoms with Gasteiger partial charge in [-0.3, -0.25) is 14.6 Å². The first-order valence-corrected chi connectivity index (χ1v) is 10.6. The van der Waals surface area contributed by atoms with E-state index in [-0.39, 0.29) is 35.0 Å². The smallest absolute Gasteiger partial charge is 0.295 e. The number of benzene rings is 2.